The highest BCUT2D eigenvalue weighted by Crippen LogP contribution is 2.03. The first-order valence-corrected chi connectivity index (χ1v) is 6.54. The number of nitrogens with one attached hydrogen (secondary N) is 3. The molecule has 0 saturated heterocycles. The zero-order valence-corrected chi connectivity index (χ0v) is 12.3. The fourth-order valence-corrected chi connectivity index (χ4v) is 1.66. The maximum absolute atomic E-state index is 11.9. The number of amides is 4. The molecule has 114 valence electrons. The van der Waals surface area contributed by atoms with Gasteiger partial charge in [0.05, 0.1) is 0 Å². The van der Waals surface area contributed by atoms with Crippen LogP contribution in [0, 0.1) is 12.8 Å². The Kier molecular flexibility index (Phi) is 5.71. The third-order valence-electron chi connectivity index (χ3n) is 2.86. The lowest BCUT2D eigenvalue weighted by Gasteiger charge is -2.20. The molecule has 0 unspecified atom stereocenters. The van der Waals surface area contributed by atoms with Gasteiger partial charge in [0.15, 0.2) is 0 Å². The van der Waals surface area contributed by atoms with Gasteiger partial charge >= 0.3 is 6.03 Å². The minimum Gasteiger partial charge on any atom is -0.352 e. The fraction of sp³-hybridized carbons (Fsp3) is 0.357. The number of rotatable bonds is 4. The Morgan fingerprint density at radius 2 is 1.62 bits per heavy atom. The Labute approximate surface area is 123 Å². The summed E-state index contributed by atoms with van der Waals surface area (Å²) in [6, 6.07) is 5.27. The zero-order valence-electron chi connectivity index (χ0n) is 12.3. The van der Waals surface area contributed by atoms with E-state index in [1.165, 1.54) is 0 Å². The summed E-state index contributed by atoms with van der Waals surface area (Å²) in [6.07, 6.45) is 0. The van der Waals surface area contributed by atoms with E-state index in [-0.39, 0.29) is 5.92 Å². The quantitative estimate of drug-likeness (QED) is 0.604. The summed E-state index contributed by atoms with van der Waals surface area (Å²) in [4.78, 5) is 34.6. The van der Waals surface area contributed by atoms with Crippen LogP contribution in [0.5, 0.6) is 0 Å². The molecular weight excluding hydrogens is 272 g/mol. The lowest BCUT2D eigenvalue weighted by molar-refractivity contribution is -0.124. The Morgan fingerprint density at radius 3 is 2.10 bits per heavy atom. The van der Waals surface area contributed by atoms with Crippen molar-refractivity contribution >= 4 is 17.8 Å². The molecule has 1 rings (SSSR count). The standard InChI is InChI=1S/C14H20N4O3/c1-8(2)11(16-14(15)21)13(20)18-17-12(19)10-6-4-9(3)5-7-10/h4-8,11H,1-3H3,(H,17,19)(H,18,20)(H3,15,16,21)/t11-/m0/s1. The maximum atomic E-state index is 11.9. The molecule has 0 heterocycles. The number of benzene rings is 1. The highest BCUT2D eigenvalue weighted by molar-refractivity contribution is 5.96. The molecule has 5 N–H and O–H groups in total. The molecule has 1 aromatic carbocycles. The number of nitrogens with two attached hydrogens (primary N) is 1. The normalized spacial score (nSPS) is 11.6. The third kappa shape index (κ3) is 5.13. The molecule has 0 saturated carbocycles. The zero-order chi connectivity index (χ0) is 16.0. The predicted molar refractivity (Wildman–Crippen MR) is 78.1 cm³/mol. The van der Waals surface area contributed by atoms with E-state index in [1.54, 1.807) is 38.1 Å². The van der Waals surface area contributed by atoms with Crippen LogP contribution in [-0.2, 0) is 4.79 Å². The number of primary amides is 1. The van der Waals surface area contributed by atoms with Crippen molar-refractivity contribution in [2.75, 3.05) is 0 Å². The summed E-state index contributed by atoms with van der Waals surface area (Å²) >= 11 is 0. The molecule has 0 aliphatic carbocycles. The van der Waals surface area contributed by atoms with Gasteiger partial charge in [-0.3, -0.25) is 20.4 Å². The van der Waals surface area contributed by atoms with E-state index in [4.69, 9.17) is 5.73 Å². The second-order valence-corrected chi connectivity index (χ2v) is 5.04. The first kappa shape index (κ1) is 16.5. The molecule has 1 aromatic rings. The first-order chi connectivity index (χ1) is 9.81. The summed E-state index contributed by atoms with van der Waals surface area (Å²) in [6.45, 7) is 5.41. The lowest BCUT2D eigenvalue weighted by Crippen LogP contribution is -2.55. The van der Waals surface area contributed by atoms with Gasteiger partial charge in [-0.2, -0.15) is 0 Å². The molecule has 0 aromatic heterocycles. The van der Waals surface area contributed by atoms with Gasteiger partial charge in [0, 0.05) is 5.56 Å². The molecule has 0 fully saturated rings. The minimum atomic E-state index is -0.819. The topological polar surface area (TPSA) is 113 Å². The molecule has 21 heavy (non-hydrogen) atoms. The molecule has 1 atom stereocenters. The monoisotopic (exact) mass is 292 g/mol. The van der Waals surface area contributed by atoms with Crippen molar-refractivity contribution in [2.45, 2.75) is 26.8 Å². The van der Waals surface area contributed by atoms with Crippen molar-refractivity contribution in [2.24, 2.45) is 11.7 Å². The van der Waals surface area contributed by atoms with E-state index >= 15 is 0 Å². The van der Waals surface area contributed by atoms with Crippen LogP contribution >= 0.6 is 0 Å². The van der Waals surface area contributed by atoms with Crippen molar-refractivity contribution in [1.82, 2.24) is 16.2 Å². The van der Waals surface area contributed by atoms with Crippen LogP contribution in [0.2, 0.25) is 0 Å². The van der Waals surface area contributed by atoms with Crippen molar-refractivity contribution < 1.29 is 14.4 Å². The number of urea groups is 1. The van der Waals surface area contributed by atoms with Gasteiger partial charge < -0.3 is 11.1 Å². The predicted octanol–water partition coefficient (Wildman–Crippen LogP) is 0.449. The Hall–Kier alpha value is -2.57. The fourth-order valence-electron chi connectivity index (χ4n) is 1.66. The number of aryl methyl sites for hydroxylation is 1. The van der Waals surface area contributed by atoms with Gasteiger partial charge in [-0.15, -0.1) is 0 Å². The summed E-state index contributed by atoms with van der Waals surface area (Å²) in [5.41, 5.74) is 11.0. The number of carbonyl (C=O) groups is 3. The average Bonchev–Trinajstić information content (AvgIpc) is 2.42. The van der Waals surface area contributed by atoms with E-state index in [0.717, 1.165) is 5.56 Å². The van der Waals surface area contributed by atoms with Crippen molar-refractivity contribution in [3.63, 3.8) is 0 Å². The molecule has 0 radical (unpaired) electrons. The van der Waals surface area contributed by atoms with Crippen molar-refractivity contribution in [3.8, 4) is 0 Å². The van der Waals surface area contributed by atoms with Crippen LogP contribution in [0.3, 0.4) is 0 Å². The minimum absolute atomic E-state index is 0.172. The second kappa shape index (κ2) is 7.28. The van der Waals surface area contributed by atoms with Gasteiger partial charge in [0.1, 0.15) is 6.04 Å². The maximum Gasteiger partial charge on any atom is 0.312 e. The third-order valence-corrected chi connectivity index (χ3v) is 2.86. The number of hydrazine groups is 1. The lowest BCUT2D eigenvalue weighted by atomic mass is 10.0. The number of carbonyl (C=O) groups excluding carboxylic acids is 3. The SMILES string of the molecule is Cc1ccc(C(=O)NNC(=O)[C@@H](NC(N)=O)C(C)C)cc1. The van der Waals surface area contributed by atoms with E-state index < -0.39 is 23.9 Å². The Bertz CT molecular complexity index is 526. The molecule has 0 aliphatic heterocycles. The smallest absolute Gasteiger partial charge is 0.312 e. The average molecular weight is 292 g/mol. The molecule has 0 aliphatic rings. The summed E-state index contributed by atoms with van der Waals surface area (Å²) in [5, 5.41) is 2.33. The van der Waals surface area contributed by atoms with E-state index in [9.17, 15) is 14.4 Å². The molecule has 7 nitrogen and oxygen atoms in total. The summed E-state index contributed by atoms with van der Waals surface area (Å²) in [7, 11) is 0. The summed E-state index contributed by atoms with van der Waals surface area (Å²) in [5.74, 6) is -1.15. The molecule has 0 bridgehead atoms. The van der Waals surface area contributed by atoms with Crippen molar-refractivity contribution in [1.29, 1.82) is 0 Å². The van der Waals surface area contributed by atoms with Gasteiger partial charge in [-0.1, -0.05) is 31.5 Å². The number of hydrogen-bond acceptors (Lipinski definition) is 3. The van der Waals surface area contributed by atoms with Gasteiger partial charge in [0.25, 0.3) is 11.8 Å². The first-order valence-electron chi connectivity index (χ1n) is 6.54. The van der Waals surface area contributed by atoms with Crippen molar-refractivity contribution in [3.05, 3.63) is 35.4 Å². The van der Waals surface area contributed by atoms with E-state index in [1.807, 2.05) is 6.92 Å². The van der Waals surface area contributed by atoms with Crippen LogP contribution in [0.25, 0.3) is 0 Å². The van der Waals surface area contributed by atoms with Crippen LogP contribution in [0.1, 0.15) is 29.8 Å². The Morgan fingerprint density at radius 1 is 1.05 bits per heavy atom. The van der Waals surface area contributed by atoms with Gasteiger partial charge in [-0.25, -0.2) is 4.79 Å². The molecule has 4 amide bonds. The van der Waals surface area contributed by atoms with Gasteiger partial charge in [-0.05, 0) is 25.0 Å². The van der Waals surface area contributed by atoms with Crippen LogP contribution < -0.4 is 21.9 Å². The van der Waals surface area contributed by atoms with Crippen LogP contribution in [-0.4, -0.2) is 23.9 Å². The highest BCUT2D eigenvalue weighted by atomic mass is 16.2. The highest BCUT2D eigenvalue weighted by Gasteiger charge is 2.23. The number of hydrogen-bond donors (Lipinski definition) is 4. The largest absolute Gasteiger partial charge is 0.352 e. The van der Waals surface area contributed by atoms with Gasteiger partial charge in [0.2, 0.25) is 0 Å². The summed E-state index contributed by atoms with van der Waals surface area (Å²) < 4.78 is 0. The molecular formula is C14H20N4O3. The van der Waals surface area contributed by atoms with E-state index in [0.29, 0.717) is 5.56 Å². The second-order valence-electron chi connectivity index (χ2n) is 5.04. The Balaban J connectivity index is 2.60. The van der Waals surface area contributed by atoms with Crippen LogP contribution in [0.4, 0.5) is 4.79 Å². The van der Waals surface area contributed by atoms with E-state index in [2.05, 4.69) is 16.2 Å². The molecule has 7 heteroatoms. The van der Waals surface area contributed by atoms with Crippen LogP contribution in [0.15, 0.2) is 24.3 Å². The molecule has 0 spiro atoms.